The third kappa shape index (κ3) is 5.09. The van der Waals surface area contributed by atoms with Gasteiger partial charge in [-0.3, -0.25) is 4.79 Å². The van der Waals surface area contributed by atoms with E-state index in [-0.39, 0.29) is 11.8 Å². The Balaban J connectivity index is 1.32. The van der Waals surface area contributed by atoms with Crippen LogP contribution in [0.25, 0.3) is 16.8 Å². The molecule has 8 nitrogen and oxygen atoms in total. The van der Waals surface area contributed by atoms with Gasteiger partial charge in [-0.2, -0.15) is 5.10 Å². The number of aromatic nitrogens is 3. The molecule has 3 heterocycles. The first-order chi connectivity index (χ1) is 18.0. The number of carbonyl (C=O) groups is 1. The van der Waals surface area contributed by atoms with E-state index in [4.69, 9.17) is 19.6 Å². The molecule has 1 aliphatic rings. The molecule has 5 rings (SSSR count). The van der Waals surface area contributed by atoms with Gasteiger partial charge in [0.15, 0.2) is 5.82 Å². The normalized spacial score (nSPS) is 15.6. The van der Waals surface area contributed by atoms with E-state index in [1.54, 1.807) is 20.4 Å². The Labute approximate surface area is 217 Å². The molecule has 8 heteroatoms. The van der Waals surface area contributed by atoms with E-state index < -0.39 is 0 Å². The number of amides is 1. The molecule has 1 fully saturated rings. The summed E-state index contributed by atoms with van der Waals surface area (Å²) in [5, 5.41) is 7.93. The molecule has 0 bridgehead atoms. The Morgan fingerprint density at radius 2 is 1.97 bits per heavy atom. The van der Waals surface area contributed by atoms with E-state index >= 15 is 0 Å². The number of nitrogens with one attached hydrogen (secondary N) is 1. The van der Waals surface area contributed by atoms with Crippen molar-refractivity contribution >= 4 is 17.2 Å². The van der Waals surface area contributed by atoms with Crippen LogP contribution < -0.4 is 19.7 Å². The van der Waals surface area contributed by atoms with Crippen LogP contribution in [-0.2, 0) is 11.3 Å². The number of piperidine rings is 1. The number of nitrogens with zero attached hydrogens (tertiary/aromatic N) is 4. The Morgan fingerprint density at radius 3 is 2.76 bits per heavy atom. The maximum atomic E-state index is 13.1. The van der Waals surface area contributed by atoms with Gasteiger partial charge < -0.3 is 19.7 Å². The lowest BCUT2D eigenvalue weighted by molar-refractivity contribution is -0.125. The molecule has 0 aliphatic carbocycles. The van der Waals surface area contributed by atoms with E-state index in [1.807, 2.05) is 28.9 Å². The fraction of sp³-hybridized carbons (Fsp3) is 0.345. The van der Waals surface area contributed by atoms with Gasteiger partial charge in [0.2, 0.25) is 5.91 Å². The van der Waals surface area contributed by atoms with E-state index in [1.165, 1.54) is 11.1 Å². The molecular weight excluding hydrogens is 466 g/mol. The maximum Gasteiger partial charge on any atom is 0.225 e. The number of methoxy groups -OCH3 is 2. The van der Waals surface area contributed by atoms with Gasteiger partial charge in [0.25, 0.3) is 0 Å². The summed E-state index contributed by atoms with van der Waals surface area (Å²) in [6, 6.07) is 14.1. The number of hydrogen-bond donors (Lipinski definition) is 1. The first-order valence-electron chi connectivity index (χ1n) is 12.6. The fourth-order valence-electron chi connectivity index (χ4n) is 5.09. The molecule has 4 aromatic rings. The van der Waals surface area contributed by atoms with Crippen molar-refractivity contribution in [2.45, 2.75) is 33.2 Å². The molecule has 0 saturated carbocycles. The van der Waals surface area contributed by atoms with Gasteiger partial charge in [-0.05, 0) is 50.5 Å². The second kappa shape index (κ2) is 10.5. The zero-order valence-corrected chi connectivity index (χ0v) is 21.8. The molecule has 37 heavy (non-hydrogen) atoms. The average molecular weight is 500 g/mol. The number of carbonyl (C=O) groups excluding carboxylic acids is 1. The minimum absolute atomic E-state index is 0.0407. The van der Waals surface area contributed by atoms with E-state index in [0.717, 1.165) is 53.3 Å². The molecule has 1 saturated heterocycles. The monoisotopic (exact) mass is 499 g/mol. The lowest BCUT2D eigenvalue weighted by Gasteiger charge is -2.33. The molecule has 1 aliphatic heterocycles. The molecule has 0 unspecified atom stereocenters. The smallest absolute Gasteiger partial charge is 0.225 e. The third-order valence-corrected chi connectivity index (χ3v) is 7.07. The van der Waals surface area contributed by atoms with Gasteiger partial charge in [-0.15, -0.1) is 0 Å². The molecule has 0 spiro atoms. The van der Waals surface area contributed by atoms with Crippen LogP contribution >= 0.6 is 0 Å². The highest BCUT2D eigenvalue weighted by Crippen LogP contribution is 2.30. The largest absolute Gasteiger partial charge is 0.497 e. The zero-order chi connectivity index (χ0) is 25.9. The Morgan fingerprint density at radius 1 is 1.11 bits per heavy atom. The van der Waals surface area contributed by atoms with Gasteiger partial charge in [0.1, 0.15) is 17.0 Å². The van der Waals surface area contributed by atoms with Gasteiger partial charge in [-0.25, -0.2) is 9.50 Å². The van der Waals surface area contributed by atoms with Crippen LogP contribution in [0, 0.1) is 19.8 Å². The maximum absolute atomic E-state index is 13.1. The number of benzene rings is 2. The van der Waals surface area contributed by atoms with Crippen molar-refractivity contribution in [3.8, 4) is 22.8 Å². The summed E-state index contributed by atoms with van der Waals surface area (Å²) in [4.78, 5) is 20.1. The van der Waals surface area contributed by atoms with Crippen LogP contribution in [0.3, 0.4) is 0 Å². The van der Waals surface area contributed by atoms with Gasteiger partial charge in [-0.1, -0.05) is 23.8 Å². The molecular formula is C29H33N5O3. The number of aryl methyl sites for hydroxylation is 2. The molecule has 192 valence electrons. The number of rotatable bonds is 7. The van der Waals surface area contributed by atoms with Crippen LogP contribution in [0.2, 0.25) is 0 Å². The second-order valence-electron chi connectivity index (χ2n) is 9.61. The molecule has 2 aromatic carbocycles. The van der Waals surface area contributed by atoms with E-state index in [9.17, 15) is 4.79 Å². The van der Waals surface area contributed by atoms with Crippen molar-refractivity contribution in [1.29, 1.82) is 0 Å². The van der Waals surface area contributed by atoms with E-state index in [0.29, 0.717) is 18.8 Å². The number of ether oxygens (including phenoxy) is 2. The molecule has 1 atom stereocenters. The summed E-state index contributed by atoms with van der Waals surface area (Å²) in [6.45, 7) is 6.08. The number of anilines is 1. The first-order valence-corrected chi connectivity index (χ1v) is 12.6. The molecule has 2 aromatic heterocycles. The Bertz CT molecular complexity index is 1430. The number of fused-ring (bicyclic) bond motifs is 1. The van der Waals surface area contributed by atoms with Crippen molar-refractivity contribution in [3.05, 3.63) is 71.5 Å². The highest BCUT2D eigenvalue weighted by atomic mass is 16.5. The summed E-state index contributed by atoms with van der Waals surface area (Å²) in [7, 11) is 3.24. The summed E-state index contributed by atoms with van der Waals surface area (Å²) in [5.74, 6) is 2.19. The van der Waals surface area contributed by atoms with Gasteiger partial charge in [0.05, 0.1) is 25.8 Å². The summed E-state index contributed by atoms with van der Waals surface area (Å²) >= 11 is 0. The van der Waals surface area contributed by atoms with Crippen molar-refractivity contribution in [2.24, 2.45) is 5.92 Å². The molecule has 0 radical (unpaired) electrons. The van der Waals surface area contributed by atoms with Crippen LogP contribution in [0.4, 0.5) is 5.82 Å². The SMILES string of the molecule is COc1ccc(CNC(=O)[C@H]2CCCN(c3nccn4nc(-c5ccc(C)cc5C)cc34)C2)c(OC)c1. The summed E-state index contributed by atoms with van der Waals surface area (Å²) < 4.78 is 12.6. The van der Waals surface area contributed by atoms with Gasteiger partial charge >= 0.3 is 0 Å². The minimum atomic E-state index is -0.123. The minimum Gasteiger partial charge on any atom is -0.497 e. The summed E-state index contributed by atoms with van der Waals surface area (Å²) in [5.41, 5.74) is 6.32. The molecule has 1 amide bonds. The van der Waals surface area contributed by atoms with Crippen LogP contribution in [0.15, 0.2) is 54.9 Å². The standard InChI is InChI=1S/C29H33N5O3/c1-19-7-10-24(20(2)14-19)25-16-26-28(30-11-13-34(26)32-25)33-12-5-6-22(18-33)29(35)31-17-21-8-9-23(36-3)15-27(21)37-4/h7-11,13-16,22H,5-6,12,17-18H2,1-4H3,(H,31,35)/t22-/m0/s1. The predicted molar refractivity (Wildman–Crippen MR) is 144 cm³/mol. The first kappa shape index (κ1) is 24.6. The predicted octanol–water partition coefficient (Wildman–Crippen LogP) is 4.56. The summed E-state index contributed by atoms with van der Waals surface area (Å²) in [6.07, 6.45) is 5.42. The van der Waals surface area contributed by atoms with Crippen LogP contribution in [-0.4, -0.2) is 47.8 Å². The Hall–Kier alpha value is -4.07. The fourth-order valence-corrected chi connectivity index (χ4v) is 5.09. The van der Waals surface area contributed by atoms with Crippen molar-refractivity contribution in [1.82, 2.24) is 19.9 Å². The van der Waals surface area contributed by atoms with Crippen molar-refractivity contribution in [3.63, 3.8) is 0 Å². The van der Waals surface area contributed by atoms with Gasteiger partial charge in [0, 0.05) is 49.2 Å². The highest BCUT2D eigenvalue weighted by Gasteiger charge is 2.28. The number of hydrogen-bond acceptors (Lipinski definition) is 6. The second-order valence-corrected chi connectivity index (χ2v) is 9.61. The highest BCUT2D eigenvalue weighted by molar-refractivity contribution is 5.81. The van der Waals surface area contributed by atoms with Crippen LogP contribution in [0.1, 0.15) is 29.5 Å². The average Bonchev–Trinajstić information content (AvgIpc) is 3.35. The third-order valence-electron chi connectivity index (χ3n) is 7.07. The lowest BCUT2D eigenvalue weighted by atomic mass is 9.97. The quantitative estimate of drug-likeness (QED) is 0.401. The topological polar surface area (TPSA) is 81.0 Å². The Kier molecular flexibility index (Phi) is 6.99. The molecule has 1 N–H and O–H groups in total. The lowest BCUT2D eigenvalue weighted by Crippen LogP contribution is -2.43. The van der Waals surface area contributed by atoms with E-state index in [2.05, 4.69) is 48.3 Å². The van der Waals surface area contributed by atoms with Crippen molar-refractivity contribution in [2.75, 3.05) is 32.2 Å². The van der Waals surface area contributed by atoms with Crippen LogP contribution in [0.5, 0.6) is 11.5 Å². The van der Waals surface area contributed by atoms with Crippen molar-refractivity contribution < 1.29 is 14.3 Å². The zero-order valence-electron chi connectivity index (χ0n) is 21.8.